The summed E-state index contributed by atoms with van der Waals surface area (Å²) in [5, 5.41) is 9.48. The molecule has 0 aliphatic carbocycles. The Morgan fingerprint density at radius 2 is 0.435 bits per heavy atom. The molecule has 0 atom stereocenters. The molecule has 0 heterocycles. The van der Waals surface area contributed by atoms with Crippen molar-refractivity contribution in [1.82, 2.24) is 0 Å². The van der Waals surface area contributed by atoms with Gasteiger partial charge in [-0.15, -0.1) is 0 Å². The molecule has 20 heteroatoms. The molecule has 0 aromatic heterocycles. The van der Waals surface area contributed by atoms with Crippen molar-refractivity contribution in [2.24, 2.45) is 16.2 Å². The fraction of sp³-hybridized carbons (Fsp3) is 0.357. The van der Waals surface area contributed by atoms with E-state index in [1.54, 1.807) is 0 Å². The lowest BCUT2D eigenvalue weighted by Gasteiger charge is -2.35. The highest BCUT2D eigenvalue weighted by atomic mass is 16.6. The Hall–Kier alpha value is -7.19. The van der Waals surface area contributed by atoms with Gasteiger partial charge in [0.25, 0.3) is 0 Å². The first-order valence-electron chi connectivity index (χ1n) is 17.7. The summed E-state index contributed by atoms with van der Waals surface area (Å²) in [5.41, 5.74) is -4.26. The SMILES string of the molecule is C=CC(=O)OCC(CO)(COC(=O)C=C)COC(=O)C=C.C=CC(=O)OCC(COCC(COC(=O)C=C)(COC(=O)C=C)COC(=O)C=C)(COC(=O)C=C)COC(=O)C=C. The second-order valence-corrected chi connectivity index (χ2v) is 12.5. The first-order chi connectivity index (χ1) is 29.4. The van der Waals surface area contributed by atoms with Crippen LogP contribution in [0.5, 0.6) is 0 Å². The number of aliphatic hydroxyl groups excluding tert-OH is 1. The molecule has 0 bridgehead atoms. The molecule has 0 aliphatic heterocycles. The average molecular weight is 877 g/mol. The van der Waals surface area contributed by atoms with E-state index >= 15 is 0 Å². The Labute approximate surface area is 358 Å². The molecule has 0 spiro atoms. The van der Waals surface area contributed by atoms with Crippen LogP contribution in [0.4, 0.5) is 0 Å². The molecular weight excluding hydrogens is 824 g/mol. The summed E-state index contributed by atoms with van der Waals surface area (Å²) in [4.78, 5) is 104. The Morgan fingerprint density at radius 1 is 0.290 bits per heavy atom. The van der Waals surface area contributed by atoms with E-state index in [0.717, 1.165) is 54.7 Å². The standard InChI is InChI=1S/C28H34O13.C14H18O7/c1-7-21(29)36-15-27(16-37-22(30)8-2,17-38-23(31)9-3)13-35-14-28(18-39-24(32)10-4,19-40-25(33)11-5)20-41-26(34)12-6;1-4-11(16)19-8-14(7-15,9-20-12(17)5-2)10-21-13(18)6-3/h7-12H,1-6,13-20H2;4-6,15H,1-3,7-10H2. The minimum absolute atomic E-state index is 0.330. The molecule has 0 aromatic rings. The van der Waals surface area contributed by atoms with Gasteiger partial charge in [0.1, 0.15) is 59.5 Å². The van der Waals surface area contributed by atoms with Crippen LogP contribution >= 0.6 is 0 Å². The van der Waals surface area contributed by atoms with E-state index < -0.39 is 129 Å². The van der Waals surface area contributed by atoms with E-state index in [4.69, 9.17) is 47.4 Å². The van der Waals surface area contributed by atoms with Gasteiger partial charge in [0.2, 0.25) is 0 Å². The van der Waals surface area contributed by atoms with Crippen molar-refractivity contribution in [3.8, 4) is 0 Å². The molecular formula is C42H52O20. The largest absolute Gasteiger partial charge is 0.462 e. The van der Waals surface area contributed by atoms with Crippen LogP contribution in [0, 0.1) is 16.2 Å². The van der Waals surface area contributed by atoms with Gasteiger partial charge in [-0.2, -0.15) is 0 Å². The number of aliphatic hydroxyl groups is 1. The van der Waals surface area contributed by atoms with Gasteiger partial charge < -0.3 is 52.5 Å². The van der Waals surface area contributed by atoms with Gasteiger partial charge in [-0.05, 0) is 0 Å². The molecule has 0 unspecified atom stereocenters. The molecule has 1 N–H and O–H groups in total. The molecule has 0 saturated heterocycles. The minimum Gasteiger partial charge on any atom is -0.462 e. The lowest BCUT2D eigenvalue weighted by atomic mass is 9.90. The summed E-state index contributed by atoms with van der Waals surface area (Å²) in [7, 11) is 0. The first-order valence-corrected chi connectivity index (χ1v) is 17.7. The zero-order chi connectivity index (χ0) is 47.6. The van der Waals surface area contributed by atoms with Gasteiger partial charge >= 0.3 is 53.7 Å². The zero-order valence-corrected chi connectivity index (χ0v) is 34.2. The molecule has 0 radical (unpaired) electrons. The monoisotopic (exact) mass is 876 g/mol. The van der Waals surface area contributed by atoms with Crippen molar-refractivity contribution >= 4 is 53.7 Å². The van der Waals surface area contributed by atoms with Crippen LogP contribution in [-0.4, -0.2) is 138 Å². The van der Waals surface area contributed by atoms with Gasteiger partial charge in [0, 0.05) is 54.7 Å². The van der Waals surface area contributed by atoms with Gasteiger partial charge in [-0.25, -0.2) is 43.2 Å². The van der Waals surface area contributed by atoms with Crippen molar-refractivity contribution in [2.75, 3.05) is 79.3 Å². The van der Waals surface area contributed by atoms with Crippen LogP contribution in [0.25, 0.3) is 0 Å². The Balaban J connectivity index is 0. The van der Waals surface area contributed by atoms with Crippen LogP contribution in [-0.2, 0) is 90.5 Å². The lowest BCUT2D eigenvalue weighted by molar-refractivity contribution is -0.170. The Kier molecular flexibility index (Phi) is 29.1. The number of ether oxygens (including phenoxy) is 10. The van der Waals surface area contributed by atoms with Crippen LogP contribution in [0.3, 0.4) is 0 Å². The lowest BCUT2D eigenvalue weighted by Crippen LogP contribution is -2.47. The summed E-state index contributed by atoms with van der Waals surface area (Å²) in [5.74, 6) is -7.18. The Bertz CT molecular complexity index is 1410. The first kappa shape index (κ1) is 56.9. The molecule has 340 valence electrons. The smallest absolute Gasteiger partial charge is 0.330 e. The molecule has 0 saturated carbocycles. The summed E-state index contributed by atoms with van der Waals surface area (Å²) >= 11 is 0. The van der Waals surface area contributed by atoms with Crippen LogP contribution in [0.2, 0.25) is 0 Å². The molecule has 20 nitrogen and oxygen atoms in total. The molecule has 0 rings (SSSR count). The second kappa shape index (κ2) is 31.7. The van der Waals surface area contributed by atoms with E-state index in [2.05, 4.69) is 59.2 Å². The summed E-state index contributed by atoms with van der Waals surface area (Å²) in [6.45, 7) is 24.2. The van der Waals surface area contributed by atoms with Gasteiger partial charge in [-0.1, -0.05) is 59.2 Å². The molecule has 62 heavy (non-hydrogen) atoms. The molecule has 0 aromatic carbocycles. The van der Waals surface area contributed by atoms with Gasteiger partial charge in [0.15, 0.2) is 0 Å². The highest BCUT2D eigenvalue weighted by Crippen LogP contribution is 2.26. The topological polar surface area (TPSA) is 266 Å². The normalized spacial score (nSPS) is 10.4. The third kappa shape index (κ3) is 24.7. The van der Waals surface area contributed by atoms with Crippen molar-refractivity contribution in [2.45, 2.75) is 0 Å². The molecule has 0 aliphatic rings. The predicted octanol–water partition coefficient (Wildman–Crippen LogP) is 1.50. The van der Waals surface area contributed by atoms with Crippen molar-refractivity contribution in [3.05, 3.63) is 114 Å². The predicted molar refractivity (Wildman–Crippen MR) is 216 cm³/mol. The number of hydrogen-bond acceptors (Lipinski definition) is 20. The van der Waals surface area contributed by atoms with Crippen molar-refractivity contribution in [1.29, 1.82) is 0 Å². The quantitative estimate of drug-likeness (QED) is 0.0570. The van der Waals surface area contributed by atoms with E-state index in [-0.39, 0.29) is 19.8 Å². The third-order valence-corrected chi connectivity index (χ3v) is 7.34. The highest BCUT2D eigenvalue weighted by Gasteiger charge is 2.40. The minimum atomic E-state index is -1.49. The van der Waals surface area contributed by atoms with Gasteiger partial charge in [0.05, 0.1) is 36.1 Å². The fourth-order valence-electron chi connectivity index (χ4n) is 3.79. The fourth-order valence-corrected chi connectivity index (χ4v) is 3.79. The van der Waals surface area contributed by atoms with Crippen molar-refractivity contribution < 1.29 is 95.6 Å². The third-order valence-electron chi connectivity index (χ3n) is 7.34. The number of rotatable bonds is 32. The highest BCUT2D eigenvalue weighted by molar-refractivity contribution is 5.84. The number of carbonyl (C=O) groups excluding carboxylic acids is 9. The zero-order valence-electron chi connectivity index (χ0n) is 34.2. The van der Waals surface area contributed by atoms with E-state index in [1.165, 1.54) is 0 Å². The van der Waals surface area contributed by atoms with Crippen LogP contribution in [0.1, 0.15) is 0 Å². The number of esters is 9. The maximum atomic E-state index is 11.8. The molecule has 0 amide bonds. The van der Waals surface area contributed by atoms with Crippen molar-refractivity contribution in [3.63, 3.8) is 0 Å². The van der Waals surface area contributed by atoms with Crippen LogP contribution in [0.15, 0.2) is 114 Å². The van der Waals surface area contributed by atoms with Crippen LogP contribution < -0.4 is 0 Å². The average Bonchev–Trinajstić information content (AvgIpc) is 3.30. The maximum absolute atomic E-state index is 11.8. The summed E-state index contributed by atoms with van der Waals surface area (Å²) < 4.78 is 51.2. The summed E-state index contributed by atoms with van der Waals surface area (Å²) in [6.07, 6.45) is 8.14. The number of hydrogen-bond donors (Lipinski definition) is 1. The van der Waals surface area contributed by atoms with E-state index in [1.807, 2.05) is 0 Å². The van der Waals surface area contributed by atoms with E-state index in [0.29, 0.717) is 0 Å². The maximum Gasteiger partial charge on any atom is 0.330 e. The summed E-state index contributed by atoms with van der Waals surface area (Å²) in [6, 6.07) is 0. The molecule has 0 fully saturated rings. The van der Waals surface area contributed by atoms with Gasteiger partial charge in [-0.3, -0.25) is 0 Å². The Morgan fingerprint density at radius 3 is 0.565 bits per heavy atom. The second-order valence-electron chi connectivity index (χ2n) is 12.5. The van der Waals surface area contributed by atoms with E-state index in [9.17, 15) is 48.3 Å². The number of carbonyl (C=O) groups is 9.